The average Bonchev–Trinajstić information content (AvgIpc) is 2.03. The van der Waals surface area contributed by atoms with Crippen molar-refractivity contribution < 1.29 is 14.7 Å². The van der Waals surface area contributed by atoms with E-state index in [0.29, 0.717) is 10.8 Å². The van der Waals surface area contributed by atoms with Crippen molar-refractivity contribution in [2.75, 3.05) is 5.32 Å². The molecule has 5 nitrogen and oxygen atoms in total. The Kier molecular flexibility index (Phi) is 2.97. The molecule has 0 fully saturated rings. The predicted molar refractivity (Wildman–Crippen MR) is 49.0 cm³/mol. The normalized spacial score (nSPS) is 9.31. The van der Waals surface area contributed by atoms with Crippen molar-refractivity contribution in [1.29, 1.82) is 0 Å². The van der Waals surface area contributed by atoms with Gasteiger partial charge in [0.1, 0.15) is 5.82 Å². The number of carboxylic acid groups (broad SMARTS) is 1. The zero-order valence-electron chi connectivity index (χ0n) is 6.32. The number of hydrogen-bond donors (Lipinski definition) is 2. The van der Waals surface area contributed by atoms with Gasteiger partial charge in [-0.25, -0.2) is 9.78 Å². The topological polar surface area (TPSA) is 79.3 Å². The predicted octanol–water partition coefficient (Wildman–Crippen LogP) is 1.75. The number of anilines is 1. The van der Waals surface area contributed by atoms with Gasteiger partial charge in [-0.15, -0.1) is 0 Å². The SMILES string of the molecule is O=Cc1c(Br)ccnc1NC(=O)O. The molecule has 0 spiro atoms. The van der Waals surface area contributed by atoms with Gasteiger partial charge in [-0.3, -0.25) is 10.1 Å². The minimum atomic E-state index is -1.26. The molecular weight excluding hydrogens is 240 g/mol. The summed E-state index contributed by atoms with van der Waals surface area (Å²) >= 11 is 3.09. The maximum atomic E-state index is 10.5. The molecule has 6 heteroatoms. The van der Waals surface area contributed by atoms with Crippen molar-refractivity contribution in [2.24, 2.45) is 0 Å². The number of aldehydes is 1. The van der Waals surface area contributed by atoms with Gasteiger partial charge < -0.3 is 5.11 Å². The number of aromatic nitrogens is 1. The van der Waals surface area contributed by atoms with Gasteiger partial charge in [0.15, 0.2) is 6.29 Å². The molecule has 1 aromatic heterocycles. The number of halogens is 1. The van der Waals surface area contributed by atoms with Crippen molar-refractivity contribution in [3.63, 3.8) is 0 Å². The lowest BCUT2D eigenvalue weighted by Crippen LogP contribution is -2.11. The van der Waals surface area contributed by atoms with Crippen molar-refractivity contribution in [3.05, 3.63) is 22.3 Å². The van der Waals surface area contributed by atoms with Crippen molar-refractivity contribution >= 4 is 34.1 Å². The van der Waals surface area contributed by atoms with Crippen LogP contribution < -0.4 is 5.32 Å². The minimum absolute atomic E-state index is 0.0249. The highest BCUT2D eigenvalue weighted by Gasteiger charge is 2.08. The smallest absolute Gasteiger partial charge is 0.410 e. The monoisotopic (exact) mass is 244 g/mol. The van der Waals surface area contributed by atoms with E-state index in [0.717, 1.165) is 0 Å². The molecule has 0 bridgehead atoms. The van der Waals surface area contributed by atoms with Gasteiger partial charge >= 0.3 is 6.09 Å². The molecule has 68 valence electrons. The van der Waals surface area contributed by atoms with E-state index in [1.165, 1.54) is 6.20 Å². The fraction of sp³-hybridized carbons (Fsp3) is 0. The first-order valence-corrected chi connectivity index (χ1v) is 4.04. The van der Waals surface area contributed by atoms with Crippen molar-refractivity contribution in [2.45, 2.75) is 0 Å². The van der Waals surface area contributed by atoms with Crippen LogP contribution in [0.25, 0.3) is 0 Å². The van der Waals surface area contributed by atoms with Crippen LogP contribution in [0.15, 0.2) is 16.7 Å². The van der Waals surface area contributed by atoms with Gasteiger partial charge in [0, 0.05) is 10.7 Å². The van der Waals surface area contributed by atoms with Gasteiger partial charge in [-0.05, 0) is 22.0 Å². The lowest BCUT2D eigenvalue weighted by Gasteiger charge is -2.03. The second kappa shape index (κ2) is 3.99. The summed E-state index contributed by atoms with van der Waals surface area (Å²) in [5.41, 5.74) is 0.185. The number of rotatable bonds is 2. The second-order valence-corrected chi connectivity index (χ2v) is 2.96. The Bertz CT molecular complexity index is 354. The third kappa shape index (κ3) is 2.25. The molecule has 0 radical (unpaired) electrons. The van der Waals surface area contributed by atoms with Crippen molar-refractivity contribution in [3.8, 4) is 0 Å². The first-order valence-electron chi connectivity index (χ1n) is 3.24. The molecule has 0 saturated carbocycles. The molecule has 1 amide bonds. The van der Waals surface area contributed by atoms with Gasteiger partial charge in [-0.2, -0.15) is 0 Å². The van der Waals surface area contributed by atoms with Crippen LogP contribution in [-0.4, -0.2) is 22.5 Å². The summed E-state index contributed by atoms with van der Waals surface area (Å²) in [6.45, 7) is 0. The summed E-state index contributed by atoms with van der Waals surface area (Å²) in [7, 11) is 0. The standard InChI is InChI=1S/C7H5BrN2O3/c8-5-1-2-9-6(4(5)3-11)10-7(12)13/h1-3H,(H,9,10)(H,12,13). The quantitative estimate of drug-likeness (QED) is 0.778. The first kappa shape index (κ1) is 9.66. The number of carbonyl (C=O) groups excluding carboxylic acids is 1. The molecule has 0 aromatic carbocycles. The molecule has 0 unspecified atom stereocenters. The van der Waals surface area contributed by atoms with Crippen LogP contribution in [0.4, 0.5) is 10.6 Å². The van der Waals surface area contributed by atoms with Crippen LogP contribution >= 0.6 is 15.9 Å². The van der Waals surface area contributed by atoms with E-state index >= 15 is 0 Å². The van der Waals surface area contributed by atoms with Crippen LogP contribution in [0.5, 0.6) is 0 Å². The van der Waals surface area contributed by atoms with Crippen LogP contribution in [0.3, 0.4) is 0 Å². The highest BCUT2D eigenvalue weighted by atomic mass is 79.9. The molecule has 1 heterocycles. The summed E-state index contributed by atoms with van der Waals surface area (Å²) in [5, 5.41) is 10.4. The summed E-state index contributed by atoms with van der Waals surface area (Å²) in [6, 6.07) is 1.55. The van der Waals surface area contributed by atoms with E-state index in [4.69, 9.17) is 5.11 Å². The van der Waals surface area contributed by atoms with E-state index in [-0.39, 0.29) is 11.4 Å². The summed E-state index contributed by atoms with van der Waals surface area (Å²) in [5.74, 6) is 0.0249. The first-order chi connectivity index (χ1) is 6.15. The lowest BCUT2D eigenvalue weighted by atomic mass is 10.3. The Labute approximate surface area is 81.9 Å². The molecule has 1 rings (SSSR count). The molecule has 0 atom stereocenters. The number of carbonyl (C=O) groups is 2. The summed E-state index contributed by atoms with van der Waals surface area (Å²) in [6.07, 6.45) is 0.666. The molecule has 0 aliphatic carbocycles. The minimum Gasteiger partial charge on any atom is -0.465 e. The Morgan fingerprint density at radius 1 is 1.69 bits per heavy atom. The second-order valence-electron chi connectivity index (χ2n) is 2.10. The zero-order valence-corrected chi connectivity index (χ0v) is 7.91. The lowest BCUT2D eigenvalue weighted by molar-refractivity contribution is 0.112. The number of amides is 1. The van der Waals surface area contributed by atoms with Crippen LogP contribution in [0, 0.1) is 0 Å². The largest absolute Gasteiger partial charge is 0.465 e. The van der Waals surface area contributed by atoms with Crippen molar-refractivity contribution in [1.82, 2.24) is 4.98 Å². The number of hydrogen-bond acceptors (Lipinski definition) is 3. The maximum absolute atomic E-state index is 10.5. The fourth-order valence-electron chi connectivity index (χ4n) is 0.763. The number of pyridine rings is 1. The Hall–Kier alpha value is -1.43. The molecule has 2 N–H and O–H groups in total. The number of nitrogens with zero attached hydrogens (tertiary/aromatic N) is 1. The zero-order chi connectivity index (χ0) is 9.84. The van der Waals surface area contributed by atoms with E-state index in [1.54, 1.807) is 6.07 Å². The third-order valence-electron chi connectivity index (χ3n) is 1.28. The third-order valence-corrected chi connectivity index (χ3v) is 1.97. The average molecular weight is 245 g/mol. The van der Waals surface area contributed by atoms with Gasteiger partial charge in [-0.1, -0.05) is 0 Å². The number of nitrogens with one attached hydrogen (secondary N) is 1. The molecule has 0 aliphatic rings. The molecular formula is C7H5BrN2O3. The summed E-state index contributed by atoms with van der Waals surface area (Å²) in [4.78, 5) is 24.5. The highest BCUT2D eigenvalue weighted by Crippen LogP contribution is 2.20. The van der Waals surface area contributed by atoms with E-state index in [2.05, 4.69) is 20.9 Å². The van der Waals surface area contributed by atoms with E-state index < -0.39 is 6.09 Å². The fourth-order valence-corrected chi connectivity index (χ4v) is 1.16. The summed E-state index contributed by atoms with van der Waals surface area (Å²) < 4.78 is 0.501. The van der Waals surface area contributed by atoms with Crippen LogP contribution in [-0.2, 0) is 0 Å². The van der Waals surface area contributed by atoms with Gasteiger partial charge in [0.2, 0.25) is 0 Å². The van der Waals surface area contributed by atoms with Gasteiger partial charge in [0.25, 0.3) is 0 Å². The molecule has 0 saturated heterocycles. The molecule has 0 aliphatic heterocycles. The van der Waals surface area contributed by atoms with E-state index in [9.17, 15) is 9.59 Å². The highest BCUT2D eigenvalue weighted by molar-refractivity contribution is 9.10. The maximum Gasteiger partial charge on any atom is 0.410 e. The van der Waals surface area contributed by atoms with E-state index in [1.807, 2.05) is 5.32 Å². The molecule has 13 heavy (non-hydrogen) atoms. The Balaban J connectivity index is 3.12. The van der Waals surface area contributed by atoms with Gasteiger partial charge in [0.05, 0.1) is 5.56 Å². The van der Waals surface area contributed by atoms with Crippen LogP contribution in [0.2, 0.25) is 0 Å². The Morgan fingerprint density at radius 3 is 2.92 bits per heavy atom. The Morgan fingerprint density at radius 2 is 2.38 bits per heavy atom. The van der Waals surface area contributed by atoms with Crippen LogP contribution in [0.1, 0.15) is 10.4 Å². The molecule has 1 aromatic rings.